The normalized spacial score (nSPS) is 20.4. The van der Waals surface area contributed by atoms with E-state index in [4.69, 9.17) is 10.3 Å². The van der Waals surface area contributed by atoms with Crippen molar-refractivity contribution in [3.8, 4) is 11.4 Å². The zero-order valence-electron chi connectivity index (χ0n) is 14.1. The van der Waals surface area contributed by atoms with Gasteiger partial charge in [-0.15, -0.1) is 0 Å². The SMILES string of the molecule is NC1CCC(NC(=O)CCCc2nc(-c3ccc(F)cc3)no2)CC1. The van der Waals surface area contributed by atoms with Crippen LogP contribution in [-0.4, -0.2) is 28.1 Å². The summed E-state index contributed by atoms with van der Waals surface area (Å²) in [6.07, 6.45) is 5.46. The molecule has 134 valence electrons. The van der Waals surface area contributed by atoms with Crippen LogP contribution >= 0.6 is 0 Å². The minimum atomic E-state index is -0.307. The van der Waals surface area contributed by atoms with E-state index in [-0.39, 0.29) is 23.8 Å². The van der Waals surface area contributed by atoms with Crippen molar-refractivity contribution >= 4 is 5.91 Å². The van der Waals surface area contributed by atoms with Gasteiger partial charge in [0.2, 0.25) is 17.6 Å². The van der Waals surface area contributed by atoms with Crippen molar-refractivity contribution in [2.24, 2.45) is 5.73 Å². The molecule has 0 spiro atoms. The first-order valence-corrected chi connectivity index (χ1v) is 8.73. The Morgan fingerprint density at radius 3 is 2.68 bits per heavy atom. The standard InChI is InChI=1S/C18H23FN4O2/c19-13-6-4-12(5-7-13)18-22-17(25-23-18)3-1-2-16(24)21-15-10-8-14(20)9-11-15/h4-7,14-15H,1-3,8-11,20H2,(H,21,24). The van der Waals surface area contributed by atoms with Crippen LogP contribution in [0.5, 0.6) is 0 Å². The summed E-state index contributed by atoms with van der Waals surface area (Å²) in [5.41, 5.74) is 6.57. The lowest BCUT2D eigenvalue weighted by atomic mass is 9.92. The molecule has 1 saturated carbocycles. The van der Waals surface area contributed by atoms with Crippen molar-refractivity contribution in [2.45, 2.75) is 57.0 Å². The highest BCUT2D eigenvalue weighted by atomic mass is 19.1. The van der Waals surface area contributed by atoms with Crippen molar-refractivity contribution in [3.05, 3.63) is 36.0 Å². The van der Waals surface area contributed by atoms with E-state index in [1.165, 1.54) is 12.1 Å². The highest BCUT2D eigenvalue weighted by Gasteiger charge is 2.19. The molecule has 1 fully saturated rings. The molecule has 25 heavy (non-hydrogen) atoms. The maximum Gasteiger partial charge on any atom is 0.226 e. The molecule has 0 radical (unpaired) electrons. The Morgan fingerprint density at radius 1 is 1.24 bits per heavy atom. The van der Waals surface area contributed by atoms with Gasteiger partial charge < -0.3 is 15.6 Å². The van der Waals surface area contributed by atoms with Gasteiger partial charge in [0.1, 0.15) is 5.82 Å². The first-order chi connectivity index (χ1) is 12.1. The van der Waals surface area contributed by atoms with Crippen LogP contribution in [0.4, 0.5) is 4.39 Å². The van der Waals surface area contributed by atoms with Crippen LogP contribution in [0, 0.1) is 5.82 Å². The highest BCUT2D eigenvalue weighted by Crippen LogP contribution is 2.18. The van der Waals surface area contributed by atoms with Crippen LogP contribution < -0.4 is 11.1 Å². The average Bonchev–Trinajstić information content (AvgIpc) is 3.06. The molecule has 7 heteroatoms. The van der Waals surface area contributed by atoms with Crippen molar-refractivity contribution in [1.29, 1.82) is 0 Å². The van der Waals surface area contributed by atoms with E-state index in [0.29, 0.717) is 36.5 Å². The van der Waals surface area contributed by atoms with Crippen molar-refractivity contribution < 1.29 is 13.7 Å². The highest BCUT2D eigenvalue weighted by molar-refractivity contribution is 5.76. The molecule has 1 aliphatic carbocycles. The van der Waals surface area contributed by atoms with E-state index in [1.807, 2.05) is 0 Å². The van der Waals surface area contributed by atoms with Gasteiger partial charge in [-0.3, -0.25) is 4.79 Å². The zero-order chi connectivity index (χ0) is 17.6. The zero-order valence-corrected chi connectivity index (χ0v) is 14.1. The number of rotatable bonds is 6. The van der Waals surface area contributed by atoms with Crippen LogP contribution in [0.25, 0.3) is 11.4 Å². The van der Waals surface area contributed by atoms with E-state index in [9.17, 15) is 9.18 Å². The van der Waals surface area contributed by atoms with Gasteiger partial charge in [0.15, 0.2) is 0 Å². The van der Waals surface area contributed by atoms with Crippen molar-refractivity contribution in [3.63, 3.8) is 0 Å². The number of carbonyl (C=O) groups excluding carboxylic acids is 1. The number of carbonyl (C=O) groups is 1. The maximum atomic E-state index is 12.9. The summed E-state index contributed by atoms with van der Waals surface area (Å²) in [4.78, 5) is 16.3. The summed E-state index contributed by atoms with van der Waals surface area (Å²) < 4.78 is 18.1. The molecule has 1 amide bonds. The van der Waals surface area contributed by atoms with E-state index < -0.39 is 0 Å². The Balaban J connectivity index is 1.41. The van der Waals surface area contributed by atoms with Crippen LogP contribution in [0.1, 0.15) is 44.4 Å². The lowest BCUT2D eigenvalue weighted by molar-refractivity contribution is -0.122. The van der Waals surface area contributed by atoms with Crippen LogP contribution in [-0.2, 0) is 11.2 Å². The first kappa shape index (κ1) is 17.5. The van der Waals surface area contributed by atoms with Crippen LogP contribution in [0.15, 0.2) is 28.8 Å². The molecule has 0 aliphatic heterocycles. The van der Waals surface area contributed by atoms with Gasteiger partial charge in [-0.1, -0.05) is 5.16 Å². The average molecular weight is 346 g/mol. The van der Waals surface area contributed by atoms with Crippen LogP contribution in [0.3, 0.4) is 0 Å². The summed E-state index contributed by atoms with van der Waals surface area (Å²) in [6, 6.07) is 6.45. The molecule has 0 unspecified atom stereocenters. The fourth-order valence-corrected chi connectivity index (χ4v) is 3.04. The second-order valence-electron chi connectivity index (χ2n) is 6.55. The molecular formula is C18H23FN4O2. The molecule has 3 rings (SSSR count). The largest absolute Gasteiger partial charge is 0.353 e. The minimum absolute atomic E-state index is 0.0544. The summed E-state index contributed by atoms with van der Waals surface area (Å²) in [5.74, 6) is 0.658. The number of nitrogens with zero attached hydrogens (tertiary/aromatic N) is 2. The molecule has 1 aromatic heterocycles. The fraction of sp³-hybridized carbons (Fsp3) is 0.500. The van der Waals surface area contributed by atoms with Crippen molar-refractivity contribution in [2.75, 3.05) is 0 Å². The van der Waals surface area contributed by atoms with Crippen LogP contribution in [0.2, 0.25) is 0 Å². The smallest absolute Gasteiger partial charge is 0.226 e. The summed E-state index contributed by atoms with van der Waals surface area (Å²) in [5, 5.41) is 6.96. The van der Waals surface area contributed by atoms with Gasteiger partial charge >= 0.3 is 0 Å². The number of nitrogens with two attached hydrogens (primary N) is 1. The van der Waals surface area contributed by atoms with Gasteiger partial charge in [-0.25, -0.2) is 4.39 Å². The lowest BCUT2D eigenvalue weighted by Crippen LogP contribution is -2.40. The Hall–Kier alpha value is -2.28. The number of hydrogen-bond donors (Lipinski definition) is 2. The Kier molecular flexibility index (Phi) is 5.75. The first-order valence-electron chi connectivity index (χ1n) is 8.73. The predicted octanol–water partition coefficient (Wildman–Crippen LogP) is 2.58. The predicted molar refractivity (Wildman–Crippen MR) is 91.0 cm³/mol. The number of benzene rings is 1. The number of aryl methyl sites for hydroxylation is 1. The third-order valence-electron chi connectivity index (χ3n) is 4.50. The number of hydrogen-bond acceptors (Lipinski definition) is 5. The van der Waals surface area contributed by atoms with E-state index in [0.717, 1.165) is 25.7 Å². The quantitative estimate of drug-likeness (QED) is 0.838. The van der Waals surface area contributed by atoms with Gasteiger partial charge in [0.05, 0.1) is 0 Å². The van der Waals surface area contributed by atoms with E-state index in [2.05, 4.69) is 15.5 Å². The second kappa shape index (κ2) is 8.20. The molecule has 2 aromatic rings. The van der Waals surface area contributed by atoms with E-state index in [1.54, 1.807) is 12.1 Å². The Labute approximate surface area is 146 Å². The van der Waals surface area contributed by atoms with Gasteiger partial charge in [0.25, 0.3) is 0 Å². The molecule has 0 saturated heterocycles. The maximum absolute atomic E-state index is 12.9. The molecule has 1 aliphatic rings. The lowest BCUT2D eigenvalue weighted by Gasteiger charge is -2.26. The molecule has 6 nitrogen and oxygen atoms in total. The Bertz CT molecular complexity index is 693. The molecule has 0 atom stereocenters. The molecule has 1 aromatic carbocycles. The fourth-order valence-electron chi connectivity index (χ4n) is 3.04. The van der Waals surface area contributed by atoms with Crippen molar-refractivity contribution in [1.82, 2.24) is 15.5 Å². The molecule has 1 heterocycles. The van der Waals surface area contributed by atoms with E-state index >= 15 is 0 Å². The molecular weight excluding hydrogens is 323 g/mol. The summed E-state index contributed by atoms with van der Waals surface area (Å²) >= 11 is 0. The summed E-state index contributed by atoms with van der Waals surface area (Å²) in [6.45, 7) is 0. The Morgan fingerprint density at radius 2 is 1.96 bits per heavy atom. The molecule has 0 bridgehead atoms. The number of halogens is 1. The topological polar surface area (TPSA) is 94.0 Å². The number of aromatic nitrogens is 2. The minimum Gasteiger partial charge on any atom is -0.353 e. The summed E-state index contributed by atoms with van der Waals surface area (Å²) in [7, 11) is 0. The third-order valence-corrected chi connectivity index (χ3v) is 4.50. The van der Waals surface area contributed by atoms with Gasteiger partial charge in [-0.2, -0.15) is 4.98 Å². The number of amides is 1. The van der Waals surface area contributed by atoms with Gasteiger partial charge in [0, 0.05) is 30.5 Å². The molecule has 3 N–H and O–H groups in total. The third kappa shape index (κ3) is 5.09. The van der Waals surface area contributed by atoms with Gasteiger partial charge in [-0.05, 0) is 56.4 Å². The number of nitrogens with one attached hydrogen (secondary N) is 1. The monoisotopic (exact) mass is 346 g/mol. The second-order valence-corrected chi connectivity index (χ2v) is 6.55.